The van der Waals surface area contributed by atoms with E-state index in [4.69, 9.17) is 23.8 Å². The fourth-order valence-electron chi connectivity index (χ4n) is 9.74. The van der Waals surface area contributed by atoms with Crippen molar-refractivity contribution in [1.82, 2.24) is 10.2 Å². The van der Waals surface area contributed by atoms with Crippen molar-refractivity contribution >= 4 is 17.9 Å². The maximum absolute atomic E-state index is 14.3. The monoisotopic (exact) mass is 868 g/mol. The first kappa shape index (κ1) is 51.0. The molecule has 1 aromatic carbocycles. The van der Waals surface area contributed by atoms with Crippen molar-refractivity contribution in [3.63, 3.8) is 0 Å². The number of oxime groups is 1. The van der Waals surface area contributed by atoms with Crippen LogP contribution in [0.1, 0.15) is 162 Å². The van der Waals surface area contributed by atoms with Gasteiger partial charge in [-0.25, -0.2) is 9.59 Å². The van der Waals surface area contributed by atoms with Gasteiger partial charge in [-0.1, -0.05) is 123 Å². The van der Waals surface area contributed by atoms with Crippen molar-refractivity contribution in [1.29, 1.82) is 0 Å². The van der Waals surface area contributed by atoms with E-state index in [0.717, 1.165) is 49.7 Å². The Balaban J connectivity index is 1.75. The number of carbonyl (C=O) groups is 2. The molecule has 1 saturated carbocycles. The highest BCUT2D eigenvalue weighted by Gasteiger charge is 2.65. The molecular weight excluding hydrogens is 787 g/mol. The van der Waals surface area contributed by atoms with Gasteiger partial charge in [-0.05, 0) is 79.5 Å². The topological polar surface area (TPSA) is 148 Å². The molecule has 0 unspecified atom stereocenters. The third-order valence-corrected chi connectivity index (χ3v) is 12.6. The molecule has 2 amide bonds. The summed E-state index contributed by atoms with van der Waals surface area (Å²) in [5.74, 6) is -0.974. The van der Waals surface area contributed by atoms with Crippen molar-refractivity contribution in [2.24, 2.45) is 28.3 Å². The summed E-state index contributed by atoms with van der Waals surface area (Å²) in [5.41, 5.74) is 2.28. The van der Waals surface area contributed by atoms with Crippen LogP contribution in [0.15, 0.2) is 47.7 Å². The highest BCUT2D eigenvalue weighted by atomic mass is 16.7. The molecule has 6 atom stereocenters. The number of fused-ring (bicyclic) bond motifs is 2. The van der Waals surface area contributed by atoms with Crippen LogP contribution in [-0.2, 0) is 14.3 Å². The Hall–Kier alpha value is -3.61. The van der Waals surface area contributed by atoms with Crippen LogP contribution in [0.3, 0.4) is 0 Å². The highest BCUT2D eigenvalue weighted by Crippen LogP contribution is 2.62. The predicted molar refractivity (Wildman–Crippen MR) is 246 cm³/mol. The summed E-state index contributed by atoms with van der Waals surface area (Å²) in [4.78, 5) is 34.8. The maximum atomic E-state index is 14.3. The van der Waals surface area contributed by atoms with Gasteiger partial charge in [0, 0.05) is 44.2 Å². The molecule has 0 aromatic heterocycles. The molecule has 2 aliphatic carbocycles. The minimum atomic E-state index is -1.39. The van der Waals surface area contributed by atoms with E-state index < -0.39 is 29.9 Å². The largest absolute Gasteiger partial charge is 0.459 e. The van der Waals surface area contributed by atoms with Gasteiger partial charge in [-0.15, -0.1) is 6.58 Å². The number of aliphatic hydroxyl groups is 2. The van der Waals surface area contributed by atoms with Gasteiger partial charge < -0.3 is 39.3 Å². The normalized spacial score (nSPS) is 23.4. The lowest BCUT2D eigenvalue weighted by Gasteiger charge is -2.59. The van der Waals surface area contributed by atoms with Crippen LogP contribution >= 0.6 is 0 Å². The van der Waals surface area contributed by atoms with Gasteiger partial charge in [-0.2, -0.15) is 0 Å². The highest BCUT2D eigenvalue weighted by molar-refractivity contribution is 6.03. The second kappa shape index (κ2) is 26.2. The standard InChI is InChI=1S/C50H81N3O9/c1-8-11-12-13-14-15-16-17-18-21-28-51-47(56)61-38-26-27-43-41(34-38)45-39(25-20-23-31-55)37(24-19-22-30-54)33-40-42(52-58-7)35-44(50(62-43,46(40)45)60-32-10-3)53(29-9-2)48(57)59-36-49(4,5)6/h10,26-27,33-34,37,39,44-46,54-55H,3,8-9,11-25,28-32,35-36H2,1-2,4-7H3,(H,51,56)/t37-,39+,44-,45+,46+,50+/m0/s1. The Morgan fingerprint density at radius 1 is 0.952 bits per heavy atom. The third kappa shape index (κ3) is 14.2. The van der Waals surface area contributed by atoms with Crippen molar-refractivity contribution in [2.75, 3.05) is 46.6 Å². The Labute approximate surface area is 373 Å². The zero-order chi connectivity index (χ0) is 45.0. The van der Waals surface area contributed by atoms with Crippen LogP contribution in [0.4, 0.5) is 9.59 Å². The summed E-state index contributed by atoms with van der Waals surface area (Å²) in [6, 6.07) is 4.88. The number of allylic oxidation sites excluding steroid dienone is 1. The van der Waals surface area contributed by atoms with Crippen molar-refractivity contribution < 1.29 is 43.6 Å². The molecule has 0 radical (unpaired) electrons. The molecule has 1 fully saturated rings. The van der Waals surface area contributed by atoms with Gasteiger partial charge in [0.1, 0.15) is 24.7 Å². The molecule has 12 heteroatoms. The SMILES string of the molecule is C=CCO[C@@]12Oc3ccc(OC(=O)NCCCCCCCCCCCC)cc3[C@H]3[C@H](CCCCO)[C@@H](CCCCO)C=C(C(=NOC)C[C@@H]1N(CCC)C(=O)OCC(C)(C)C)[C@H]32. The molecule has 62 heavy (non-hydrogen) atoms. The van der Waals surface area contributed by atoms with E-state index in [1.807, 2.05) is 39.8 Å². The maximum Gasteiger partial charge on any atom is 0.412 e. The van der Waals surface area contributed by atoms with E-state index in [1.165, 1.54) is 58.5 Å². The van der Waals surface area contributed by atoms with E-state index in [9.17, 15) is 19.8 Å². The van der Waals surface area contributed by atoms with E-state index >= 15 is 0 Å². The fraction of sp³-hybridized carbons (Fsp3) is 0.740. The first-order chi connectivity index (χ1) is 30.0. The van der Waals surface area contributed by atoms with Crippen LogP contribution in [0, 0.1) is 23.2 Å². The first-order valence-electron chi connectivity index (χ1n) is 24.0. The number of benzene rings is 1. The van der Waals surface area contributed by atoms with Crippen LogP contribution in [0.5, 0.6) is 11.5 Å². The average molecular weight is 868 g/mol. The quantitative estimate of drug-likeness (QED) is 0.0425. The Bertz CT molecular complexity index is 1590. The first-order valence-corrected chi connectivity index (χ1v) is 24.0. The number of hydrogen-bond acceptors (Lipinski definition) is 10. The van der Waals surface area contributed by atoms with Gasteiger partial charge in [0.2, 0.25) is 5.79 Å². The molecule has 0 bridgehead atoms. The summed E-state index contributed by atoms with van der Waals surface area (Å²) in [6.45, 7) is 15.9. The molecule has 0 spiro atoms. The van der Waals surface area contributed by atoms with Crippen LogP contribution in [0.25, 0.3) is 0 Å². The third-order valence-electron chi connectivity index (χ3n) is 12.6. The summed E-state index contributed by atoms with van der Waals surface area (Å²) >= 11 is 0. The lowest BCUT2D eigenvalue weighted by Crippen LogP contribution is -2.70. The number of hydrogen-bond donors (Lipinski definition) is 3. The smallest absolute Gasteiger partial charge is 0.412 e. The molecule has 1 aliphatic heterocycles. The summed E-state index contributed by atoms with van der Waals surface area (Å²) < 4.78 is 26.2. The van der Waals surface area contributed by atoms with Crippen LogP contribution < -0.4 is 14.8 Å². The van der Waals surface area contributed by atoms with Gasteiger partial charge in [0.05, 0.1) is 24.8 Å². The molecule has 350 valence electrons. The number of ether oxygens (including phenoxy) is 4. The second-order valence-corrected chi connectivity index (χ2v) is 18.8. The van der Waals surface area contributed by atoms with Crippen LogP contribution in [0.2, 0.25) is 0 Å². The van der Waals surface area contributed by atoms with Gasteiger partial charge in [0.25, 0.3) is 0 Å². The van der Waals surface area contributed by atoms with Gasteiger partial charge in [-0.3, -0.25) is 4.90 Å². The van der Waals surface area contributed by atoms with E-state index in [-0.39, 0.29) is 49.6 Å². The molecule has 4 rings (SSSR count). The predicted octanol–water partition coefficient (Wildman–Crippen LogP) is 10.9. The number of nitrogens with one attached hydrogen (secondary N) is 1. The van der Waals surface area contributed by atoms with Gasteiger partial charge >= 0.3 is 12.2 Å². The molecule has 12 nitrogen and oxygen atoms in total. The van der Waals surface area contributed by atoms with E-state index in [0.29, 0.717) is 56.0 Å². The van der Waals surface area contributed by atoms with E-state index in [1.54, 1.807) is 17.0 Å². The number of unbranched alkanes of at least 4 members (excludes halogenated alkanes) is 11. The zero-order valence-electron chi connectivity index (χ0n) is 39.1. The molecule has 0 saturated heterocycles. The molecule has 1 aromatic rings. The van der Waals surface area contributed by atoms with Crippen molar-refractivity contribution in [3.05, 3.63) is 48.1 Å². The van der Waals surface area contributed by atoms with Crippen molar-refractivity contribution in [3.8, 4) is 11.5 Å². The van der Waals surface area contributed by atoms with Crippen LogP contribution in [-0.4, -0.2) is 91.5 Å². The number of aliphatic hydroxyl groups excluding tert-OH is 2. The molecular formula is C50H81N3O9. The minimum absolute atomic E-state index is 0.0405. The average Bonchev–Trinajstić information content (AvgIpc) is 3.24. The van der Waals surface area contributed by atoms with Crippen molar-refractivity contribution in [2.45, 2.75) is 168 Å². The molecule has 3 N–H and O–H groups in total. The second-order valence-electron chi connectivity index (χ2n) is 18.8. The van der Waals surface area contributed by atoms with E-state index in [2.05, 4.69) is 30.1 Å². The number of nitrogens with zero attached hydrogens (tertiary/aromatic N) is 2. The Kier molecular flexibility index (Phi) is 21.6. The number of amides is 2. The fourth-order valence-corrected chi connectivity index (χ4v) is 9.74. The molecule has 1 heterocycles. The van der Waals surface area contributed by atoms with Gasteiger partial charge in [0.15, 0.2) is 0 Å². The summed E-state index contributed by atoms with van der Waals surface area (Å²) in [6.07, 6.45) is 20.8. The minimum Gasteiger partial charge on any atom is -0.459 e. The Morgan fingerprint density at radius 2 is 1.63 bits per heavy atom. The Morgan fingerprint density at radius 3 is 2.26 bits per heavy atom. The summed E-state index contributed by atoms with van der Waals surface area (Å²) in [5, 5.41) is 27.4. The zero-order valence-corrected chi connectivity index (χ0v) is 39.1. The molecule has 3 aliphatic rings. The number of rotatable bonds is 28. The lowest BCUT2D eigenvalue weighted by atomic mass is 9.55. The lowest BCUT2D eigenvalue weighted by molar-refractivity contribution is -0.255. The number of carbonyl (C=O) groups excluding carboxylic acids is 2. The summed E-state index contributed by atoms with van der Waals surface area (Å²) in [7, 11) is 1.54.